The summed E-state index contributed by atoms with van der Waals surface area (Å²) in [5.41, 5.74) is 2.03. The van der Waals surface area contributed by atoms with Crippen LogP contribution < -0.4 is 15.8 Å². The molecule has 1 aromatic carbocycles. The number of hydrogen-bond donors (Lipinski definition) is 1. The zero-order chi connectivity index (χ0) is 27.3. The molecular formula is C31H41FN6O2. The minimum absolute atomic E-state index is 0.0182. The summed E-state index contributed by atoms with van der Waals surface area (Å²) < 4.78 is 21.5. The fraction of sp³-hybridized carbons (Fsp3) is 0.581. The van der Waals surface area contributed by atoms with Gasteiger partial charge in [-0.2, -0.15) is 4.98 Å². The highest BCUT2D eigenvalue weighted by atomic mass is 19.1. The molecule has 214 valence electrons. The van der Waals surface area contributed by atoms with Crippen molar-refractivity contribution < 1.29 is 9.13 Å². The molecule has 8 nitrogen and oxygen atoms in total. The van der Waals surface area contributed by atoms with Gasteiger partial charge in [-0.1, -0.05) is 19.3 Å². The van der Waals surface area contributed by atoms with Gasteiger partial charge in [0.05, 0.1) is 13.2 Å². The second-order valence-electron chi connectivity index (χ2n) is 11.6. The van der Waals surface area contributed by atoms with Crippen LogP contribution in [0.4, 0.5) is 21.7 Å². The molecule has 0 spiro atoms. The third-order valence-corrected chi connectivity index (χ3v) is 8.96. The molecule has 0 radical (unpaired) electrons. The average molecular weight is 549 g/mol. The van der Waals surface area contributed by atoms with Crippen LogP contribution in [0, 0.1) is 11.7 Å². The van der Waals surface area contributed by atoms with Crippen LogP contribution in [-0.2, 0) is 4.74 Å². The number of aromatic nitrogens is 3. The van der Waals surface area contributed by atoms with E-state index in [2.05, 4.69) is 49.4 Å². The van der Waals surface area contributed by atoms with Crippen LogP contribution in [0.25, 0.3) is 11.0 Å². The average Bonchev–Trinajstić information content (AvgIpc) is 3.00. The first-order valence-corrected chi connectivity index (χ1v) is 15.1. The number of benzene rings is 1. The lowest BCUT2D eigenvalue weighted by molar-refractivity contribution is 0.0365. The number of halogens is 1. The van der Waals surface area contributed by atoms with E-state index < -0.39 is 11.4 Å². The standard InChI is InChI=1S/C31H41FN6O2/c32-28-21-24-22-33-31(35-29(24)38(30(28)39)27-6-2-1-3-7-27)34-25-8-10-26(11-9-25)37-15-12-23(13-16-37)5-4-14-36-17-19-40-20-18-36/h8-11,21-23,27H,1-7,12-20H2,(H,33,34,35). The summed E-state index contributed by atoms with van der Waals surface area (Å²) in [6.45, 7) is 7.32. The van der Waals surface area contributed by atoms with Crippen molar-refractivity contribution in [3.05, 3.63) is 52.7 Å². The van der Waals surface area contributed by atoms with Crippen molar-refractivity contribution in [2.24, 2.45) is 5.92 Å². The van der Waals surface area contributed by atoms with E-state index in [9.17, 15) is 9.18 Å². The van der Waals surface area contributed by atoms with Gasteiger partial charge in [-0.25, -0.2) is 9.37 Å². The first kappa shape index (κ1) is 27.1. The molecule has 3 fully saturated rings. The number of nitrogens with zero attached hydrogens (tertiary/aromatic N) is 5. The van der Waals surface area contributed by atoms with Crippen LogP contribution in [0.1, 0.15) is 63.8 Å². The topological polar surface area (TPSA) is 75.5 Å². The maximum atomic E-state index is 14.4. The molecule has 1 aliphatic carbocycles. The van der Waals surface area contributed by atoms with Gasteiger partial charge in [-0.15, -0.1) is 0 Å². The third-order valence-electron chi connectivity index (χ3n) is 8.96. The van der Waals surface area contributed by atoms with Crippen LogP contribution in [0.2, 0.25) is 0 Å². The van der Waals surface area contributed by atoms with Gasteiger partial charge in [-0.05, 0) is 81.3 Å². The SMILES string of the molecule is O=c1c(F)cc2cnc(Nc3ccc(N4CCC(CCCN5CCOCC5)CC4)cc3)nc2n1C1CCCCC1. The Bertz CT molecular complexity index is 1330. The molecule has 3 aromatic rings. The predicted molar refractivity (Wildman–Crippen MR) is 157 cm³/mol. The van der Waals surface area contributed by atoms with Crippen LogP contribution in [0.5, 0.6) is 0 Å². The fourth-order valence-electron chi connectivity index (χ4n) is 6.62. The zero-order valence-electron chi connectivity index (χ0n) is 23.4. The number of morpholine rings is 1. The van der Waals surface area contributed by atoms with Crippen molar-refractivity contribution in [3.8, 4) is 0 Å². The molecule has 0 atom stereocenters. The zero-order valence-corrected chi connectivity index (χ0v) is 23.4. The third kappa shape index (κ3) is 6.31. The second kappa shape index (κ2) is 12.6. The molecule has 40 heavy (non-hydrogen) atoms. The Labute approximate surface area is 235 Å². The number of ether oxygens (including phenoxy) is 1. The summed E-state index contributed by atoms with van der Waals surface area (Å²) in [6.07, 6.45) is 11.7. The molecule has 1 N–H and O–H groups in total. The van der Waals surface area contributed by atoms with Crippen molar-refractivity contribution in [2.75, 3.05) is 56.2 Å². The molecule has 2 saturated heterocycles. The smallest absolute Gasteiger partial charge is 0.288 e. The Balaban J connectivity index is 1.06. The van der Waals surface area contributed by atoms with Crippen LogP contribution >= 0.6 is 0 Å². The minimum atomic E-state index is -0.741. The number of anilines is 3. The van der Waals surface area contributed by atoms with Crippen molar-refractivity contribution in [3.63, 3.8) is 0 Å². The molecule has 6 rings (SSSR count). The van der Waals surface area contributed by atoms with Crippen LogP contribution in [0.3, 0.4) is 0 Å². The Morgan fingerprint density at radius 2 is 1.73 bits per heavy atom. The van der Waals surface area contributed by atoms with E-state index in [0.29, 0.717) is 17.0 Å². The molecule has 2 aliphatic heterocycles. The van der Waals surface area contributed by atoms with E-state index in [4.69, 9.17) is 4.74 Å². The van der Waals surface area contributed by atoms with E-state index in [1.54, 1.807) is 10.8 Å². The van der Waals surface area contributed by atoms with Gasteiger partial charge in [0, 0.05) is 55.2 Å². The lowest BCUT2D eigenvalue weighted by Gasteiger charge is -2.34. The minimum Gasteiger partial charge on any atom is -0.379 e. The number of rotatable bonds is 8. The highest BCUT2D eigenvalue weighted by Crippen LogP contribution is 2.30. The van der Waals surface area contributed by atoms with Crippen molar-refractivity contribution in [1.82, 2.24) is 19.4 Å². The lowest BCUT2D eigenvalue weighted by Crippen LogP contribution is -2.37. The number of hydrogen-bond acceptors (Lipinski definition) is 7. The first-order chi connectivity index (χ1) is 19.6. The quantitative estimate of drug-likeness (QED) is 0.398. The van der Waals surface area contributed by atoms with E-state index >= 15 is 0 Å². The van der Waals surface area contributed by atoms with Gasteiger partial charge in [0.15, 0.2) is 5.82 Å². The van der Waals surface area contributed by atoms with E-state index in [-0.39, 0.29) is 6.04 Å². The van der Waals surface area contributed by atoms with Gasteiger partial charge >= 0.3 is 0 Å². The maximum absolute atomic E-state index is 14.4. The molecule has 4 heterocycles. The number of fused-ring (bicyclic) bond motifs is 1. The van der Waals surface area contributed by atoms with E-state index in [1.165, 1.54) is 44.0 Å². The predicted octanol–water partition coefficient (Wildman–Crippen LogP) is 5.51. The fourth-order valence-corrected chi connectivity index (χ4v) is 6.62. The monoisotopic (exact) mass is 548 g/mol. The van der Waals surface area contributed by atoms with Gasteiger partial charge in [0.25, 0.3) is 5.56 Å². The Hall–Kier alpha value is -3.04. The highest BCUT2D eigenvalue weighted by Gasteiger charge is 2.22. The van der Waals surface area contributed by atoms with Gasteiger partial charge in [-0.3, -0.25) is 14.3 Å². The molecule has 0 bridgehead atoms. The molecule has 0 unspecified atom stereocenters. The maximum Gasteiger partial charge on any atom is 0.288 e. The van der Waals surface area contributed by atoms with Crippen LogP contribution in [0.15, 0.2) is 41.3 Å². The van der Waals surface area contributed by atoms with Crippen LogP contribution in [-0.4, -0.2) is 65.4 Å². The molecule has 1 saturated carbocycles. The molecule has 0 amide bonds. The Morgan fingerprint density at radius 3 is 2.48 bits per heavy atom. The molecule has 9 heteroatoms. The summed E-state index contributed by atoms with van der Waals surface area (Å²) in [5.74, 6) is 0.492. The van der Waals surface area contributed by atoms with E-state index in [0.717, 1.165) is 83.1 Å². The first-order valence-electron chi connectivity index (χ1n) is 15.1. The highest BCUT2D eigenvalue weighted by molar-refractivity contribution is 5.76. The van der Waals surface area contributed by atoms with Crippen molar-refractivity contribution >= 4 is 28.4 Å². The van der Waals surface area contributed by atoms with E-state index in [1.807, 2.05) is 0 Å². The summed E-state index contributed by atoms with van der Waals surface area (Å²) in [7, 11) is 0. The van der Waals surface area contributed by atoms with Gasteiger partial charge in [0.1, 0.15) is 5.65 Å². The molecule has 3 aliphatic rings. The van der Waals surface area contributed by atoms with Crippen molar-refractivity contribution in [1.29, 1.82) is 0 Å². The number of pyridine rings is 1. The number of nitrogens with one attached hydrogen (secondary N) is 1. The van der Waals surface area contributed by atoms with Gasteiger partial charge in [0.2, 0.25) is 5.95 Å². The Morgan fingerprint density at radius 1 is 0.975 bits per heavy atom. The summed E-state index contributed by atoms with van der Waals surface area (Å²) in [5, 5.41) is 3.84. The number of piperidine rings is 1. The van der Waals surface area contributed by atoms with Gasteiger partial charge < -0.3 is 15.0 Å². The lowest BCUT2D eigenvalue weighted by atomic mass is 9.92. The summed E-state index contributed by atoms with van der Waals surface area (Å²) in [6, 6.07) is 9.63. The molecule has 2 aromatic heterocycles. The van der Waals surface area contributed by atoms with Crippen molar-refractivity contribution in [2.45, 2.75) is 63.8 Å². The second-order valence-corrected chi connectivity index (χ2v) is 11.6. The summed E-state index contributed by atoms with van der Waals surface area (Å²) in [4.78, 5) is 26.9. The largest absolute Gasteiger partial charge is 0.379 e. The normalized spacial score (nSPS) is 19.8. The Kier molecular flexibility index (Phi) is 8.58. The molecular weight excluding hydrogens is 507 g/mol. The summed E-state index contributed by atoms with van der Waals surface area (Å²) >= 11 is 0.